The molecule has 0 bridgehead atoms. The first-order valence-corrected chi connectivity index (χ1v) is 6.41. The molecule has 4 heteroatoms. The molecule has 0 aliphatic heterocycles. The molecule has 0 radical (unpaired) electrons. The molecule has 0 fully saturated rings. The van der Waals surface area contributed by atoms with Crippen LogP contribution in [0, 0.1) is 0 Å². The molecule has 19 heavy (non-hydrogen) atoms. The Labute approximate surface area is 112 Å². The number of pyridine rings is 1. The summed E-state index contributed by atoms with van der Waals surface area (Å²) in [6, 6.07) is 8.35. The normalized spacial score (nSPS) is 10.9. The van der Waals surface area contributed by atoms with E-state index in [0.29, 0.717) is 0 Å². The quantitative estimate of drug-likeness (QED) is 0.708. The first kappa shape index (κ1) is 11.9. The van der Waals surface area contributed by atoms with E-state index in [9.17, 15) is 0 Å². The molecule has 2 heterocycles. The summed E-state index contributed by atoms with van der Waals surface area (Å²) in [6.45, 7) is 2.68. The van der Waals surface area contributed by atoms with Crippen molar-refractivity contribution in [1.82, 2.24) is 19.9 Å². The highest BCUT2D eigenvalue weighted by molar-refractivity contribution is 5.84. The molecule has 1 N–H and O–H groups in total. The summed E-state index contributed by atoms with van der Waals surface area (Å²) in [6.07, 6.45) is 9.45. The standard InChI is InChI=1S/C15H16N4/c1-2-4-15-13(3-1)9-18-11-14(15)10-16-5-7-19-8-6-17-12-19/h1-4,6,8-9,11-12,16H,5,7,10H2. The van der Waals surface area contributed by atoms with Crippen LogP contribution in [0.5, 0.6) is 0 Å². The number of rotatable bonds is 5. The van der Waals surface area contributed by atoms with Crippen molar-refractivity contribution in [3.05, 3.63) is 60.9 Å². The van der Waals surface area contributed by atoms with E-state index in [1.165, 1.54) is 16.3 Å². The van der Waals surface area contributed by atoms with Gasteiger partial charge in [-0.1, -0.05) is 24.3 Å². The van der Waals surface area contributed by atoms with Crippen molar-refractivity contribution in [2.45, 2.75) is 13.1 Å². The summed E-state index contributed by atoms with van der Waals surface area (Å²) in [5, 5.41) is 5.91. The summed E-state index contributed by atoms with van der Waals surface area (Å²) in [4.78, 5) is 8.31. The van der Waals surface area contributed by atoms with Gasteiger partial charge in [0.15, 0.2) is 0 Å². The second-order valence-corrected chi connectivity index (χ2v) is 4.50. The highest BCUT2D eigenvalue weighted by atomic mass is 15.0. The molecule has 0 atom stereocenters. The van der Waals surface area contributed by atoms with Gasteiger partial charge in [-0.15, -0.1) is 0 Å². The van der Waals surface area contributed by atoms with E-state index in [4.69, 9.17) is 0 Å². The number of benzene rings is 1. The molecule has 2 aromatic heterocycles. The molecule has 4 nitrogen and oxygen atoms in total. The first-order chi connectivity index (χ1) is 9.43. The summed E-state index contributed by atoms with van der Waals surface area (Å²) in [5.74, 6) is 0. The predicted molar refractivity (Wildman–Crippen MR) is 75.7 cm³/mol. The molecule has 96 valence electrons. The maximum Gasteiger partial charge on any atom is 0.0946 e. The number of fused-ring (bicyclic) bond motifs is 1. The zero-order valence-electron chi connectivity index (χ0n) is 10.7. The van der Waals surface area contributed by atoms with Gasteiger partial charge in [-0.2, -0.15) is 0 Å². The van der Waals surface area contributed by atoms with E-state index < -0.39 is 0 Å². The minimum atomic E-state index is 0.836. The van der Waals surface area contributed by atoms with E-state index in [1.54, 1.807) is 6.20 Å². The SMILES string of the molecule is c1ccc2c(CNCCn3ccnc3)cncc2c1. The topological polar surface area (TPSA) is 42.7 Å². The van der Waals surface area contributed by atoms with Crippen LogP contribution in [0.1, 0.15) is 5.56 Å². The second-order valence-electron chi connectivity index (χ2n) is 4.50. The zero-order chi connectivity index (χ0) is 12.9. The Morgan fingerprint density at radius 3 is 2.95 bits per heavy atom. The fraction of sp³-hybridized carbons (Fsp3) is 0.200. The number of nitrogens with zero attached hydrogens (tertiary/aromatic N) is 3. The molecule has 1 aromatic carbocycles. The average molecular weight is 252 g/mol. The minimum Gasteiger partial charge on any atom is -0.336 e. The maximum absolute atomic E-state index is 4.29. The molecule has 0 aliphatic carbocycles. The first-order valence-electron chi connectivity index (χ1n) is 6.41. The zero-order valence-corrected chi connectivity index (χ0v) is 10.7. The molecule has 0 aliphatic rings. The number of imidazole rings is 1. The lowest BCUT2D eigenvalue weighted by atomic mass is 10.1. The van der Waals surface area contributed by atoms with E-state index in [-0.39, 0.29) is 0 Å². The number of hydrogen-bond donors (Lipinski definition) is 1. The molecule has 3 rings (SSSR count). The lowest BCUT2D eigenvalue weighted by Gasteiger charge is -2.08. The Morgan fingerprint density at radius 1 is 1.11 bits per heavy atom. The van der Waals surface area contributed by atoms with Crippen molar-refractivity contribution in [2.75, 3.05) is 6.54 Å². The van der Waals surface area contributed by atoms with Crippen molar-refractivity contribution in [1.29, 1.82) is 0 Å². The Kier molecular flexibility index (Phi) is 3.51. The van der Waals surface area contributed by atoms with Gasteiger partial charge in [-0.3, -0.25) is 4.98 Å². The van der Waals surface area contributed by atoms with Gasteiger partial charge in [0.05, 0.1) is 6.33 Å². The molecule has 0 amide bonds. The van der Waals surface area contributed by atoms with Crippen LogP contribution in [0.3, 0.4) is 0 Å². The number of nitrogens with one attached hydrogen (secondary N) is 1. The van der Waals surface area contributed by atoms with Gasteiger partial charge in [-0.05, 0) is 10.9 Å². The summed E-state index contributed by atoms with van der Waals surface area (Å²) < 4.78 is 2.06. The molecular weight excluding hydrogens is 236 g/mol. The van der Waals surface area contributed by atoms with Crippen LogP contribution in [0.4, 0.5) is 0 Å². The van der Waals surface area contributed by atoms with Crippen LogP contribution >= 0.6 is 0 Å². The van der Waals surface area contributed by atoms with Crippen molar-refractivity contribution in [2.24, 2.45) is 0 Å². The van der Waals surface area contributed by atoms with Crippen molar-refractivity contribution in [3.63, 3.8) is 0 Å². The third kappa shape index (κ3) is 2.80. The largest absolute Gasteiger partial charge is 0.336 e. The summed E-state index contributed by atoms with van der Waals surface area (Å²) in [5.41, 5.74) is 1.24. The smallest absolute Gasteiger partial charge is 0.0946 e. The summed E-state index contributed by atoms with van der Waals surface area (Å²) in [7, 11) is 0. The van der Waals surface area contributed by atoms with Crippen LogP contribution < -0.4 is 5.32 Å². The van der Waals surface area contributed by atoms with Gasteiger partial charge in [0.2, 0.25) is 0 Å². The van der Waals surface area contributed by atoms with Crippen LogP contribution in [0.25, 0.3) is 10.8 Å². The minimum absolute atomic E-state index is 0.836. The van der Waals surface area contributed by atoms with Crippen molar-refractivity contribution in [3.8, 4) is 0 Å². The molecule has 0 saturated carbocycles. The third-order valence-corrected chi connectivity index (χ3v) is 3.17. The van der Waals surface area contributed by atoms with Gasteiger partial charge < -0.3 is 9.88 Å². The summed E-state index contributed by atoms with van der Waals surface area (Å²) >= 11 is 0. The van der Waals surface area contributed by atoms with Gasteiger partial charge in [-0.25, -0.2) is 4.98 Å². The van der Waals surface area contributed by atoms with Gasteiger partial charge in [0.25, 0.3) is 0 Å². The molecule has 3 aromatic rings. The second kappa shape index (κ2) is 5.63. The van der Waals surface area contributed by atoms with Crippen LogP contribution in [-0.2, 0) is 13.1 Å². The third-order valence-electron chi connectivity index (χ3n) is 3.17. The lowest BCUT2D eigenvalue weighted by molar-refractivity contribution is 0.598. The van der Waals surface area contributed by atoms with E-state index in [2.05, 4.69) is 38.1 Å². The van der Waals surface area contributed by atoms with Crippen molar-refractivity contribution < 1.29 is 0 Å². The van der Waals surface area contributed by atoms with Gasteiger partial charge in [0.1, 0.15) is 0 Å². The average Bonchev–Trinajstić information content (AvgIpc) is 2.97. The Morgan fingerprint density at radius 2 is 2.05 bits per heavy atom. The highest BCUT2D eigenvalue weighted by Gasteiger charge is 2.00. The Hall–Kier alpha value is -2.20. The van der Waals surface area contributed by atoms with E-state index >= 15 is 0 Å². The Balaban J connectivity index is 1.62. The van der Waals surface area contributed by atoms with E-state index in [1.807, 2.05) is 31.0 Å². The van der Waals surface area contributed by atoms with Crippen LogP contribution in [0.15, 0.2) is 55.4 Å². The highest BCUT2D eigenvalue weighted by Crippen LogP contribution is 2.16. The number of hydrogen-bond acceptors (Lipinski definition) is 3. The molecule has 0 spiro atoms. The van der Waals surface area contributed by atoms with Crippen LogP contribution in [0.2, 0.25) is 0 Å². The molecular formula is C15H16N4. The lowest BCUT2D eigenvalue weighted by Crippen LogP contribution is -2.19. The van der Waals surface area contributed by atoms with Gasteiger partial charge in [0, 0.05) is 49.8 Å². The van der Waals surface area contributed by atoms with E-state index in [0.717, 1.165) is 19.6 Å². The van der Waals surface area contributed by atoms with Crippen molar-refractivity contribution >= 4 is 10.8 Å². The molecule has 0 unspecified atom stereocenters. The van der Waals surface area contributed by atoms with Gasteiger partial charge >= 0.3 is 0 Å². The predicted octanol–water partition coefficient (Wildman–Crippen LogP) is 2.22. The fourth-order valence-corrected chi connectivity index (χ4v) is 2.17. The Bertz CT molecular complexity index is 641. The maximum atomic E-state index is 4.29. The molecule has 0 saturated heterocycles. The number of aromatic nitrogens is 3. The monoisotopic (exact) mass is 252 g/mol. The fourth-order valence-electron chi connectivity index (χ4n) is 2.17. The van der Waals surface area contributed by atoms with Crippen LogP contribution in [-0.4, -0.2) is 21.1 Å².